The highest BCUT2D eigenvalue weighted by Crippen LogP contribution is 2.14. The maximum Gasteiger partial charge on any atom is 0.407 e. The number of pyridine rings is 1. The van der Waals surface area contributed by atoms with Gasteiger partial charge in [-0.25, -0.2) is 20.0 Å². The van der Waals surface area contributed by atoms with Crippen LogP contribution in [-0.4, -0.2) is 24.2 Å². The molecule has 2 rings (SSSR count). The van der Waals surface area contributed by atoms with Crippen LogP contribution in [0.2, 0.25) is 0 Å². The van der Waals surface area contributed by atoms with Gasteiger partial charge in [0.05, 0.1) is 0 Å². The van der Waals surface area contributed by atoms with Gasteiger partial charge in [0.25, 0.3) is 0 Å². The maximum absolute atomic E-state index is 13.9. The summed E-state index contributed by atoms with van der Waals surface area (Å²) in [6.07, 6.45) is 0.846. The lowest BCUT2D eigenvalue weighted by Gasteiger charge is -2.17. The van der Waals surface area contributed by atoms with Gasteiger partial charge in [-0.3, -0.25) is 5.01 Å². The molecule has 0 atom stereocenters. The van der Waals surface area contributed by atoms with E-state index in [1.807, 2.05) is 30.3 Å². The molecule has 1 aromatic carbocycles. The number of alkyl carbamates (subject to hydrolysis) is 1. The standard InChI is InChI=1S/C16H20FN5O2/c17-14-8-13(9-20-15(14)22(19)7-6-18)10-21-16(23)24-11-12-4-2-1-3-5-12/h1-5,8-9H,6-7,10-11,18-19H2,(H,21,23). The Morgan fingerprint density at radius 1 is 1.29 bits per heavy atom. The molecule has 0 aliphatic rings. The second-order valence-corrected chi connectivity index (χ2v) is 5.05. The average Bonchev–Trinajstić information content (AvgIpc) is 2.59. The topological polar surface area (TPSA) is 107 Å². The monoisotopic (exact) mass is 333 g/mol. The highest BCUT2D eigenvalue weighted by molar-refractivity contribution is 5.67. The summed E-state index contributed by atoms with van der Waals surface area (Å²) < 4.78 is 19.0. The molecule has 1 aromatic heterocycles. The highest BCUT2D eigenvalue weighted by atomic mass is 19.1. The molecule has 0 unspecified atom stereocenters. The second kappa shape index (κ2) is 8.80. The molecule has 0 aliphatic heterocycles. The molecule has 128 valence electrons. The summed E-state index contributed by atoms with van der Waals surface area (Å²) in [7, 11) is 0. The Morgan fingerprint density at radius 2 is 2.04 bits per heavy atom. The van der Waals surface area contributed by atoms with E-state index in [9.17, 15) is 9.18 Å². The summed E-state index contributed by atoms with van der Waals surface area (Å²) in [5, 5.41) is 3.68. The molecule has 0 saturated carbocycles. The lowest BCUT2D eigenvalue weighted by atomic mass is 10.2. The third-order valence-electron chi connectivity index (χ3n) is 3.17. The van der Waals surface area contributed by atoms with Crippen molar-refractivity contribution in [3.05, 3.63) is 59.5 Å². The van der Waals surface area contributed by atoms with Crippen molar-refractivity contribution in [2.45, 2.75) is 13.2 Å². The number of halogens is 1. The summed E-state index contributed by atoms with van der Waals surface area (Å²) >= 11 is 0. The zero-order valence-electron chi connectivity index (χ0n) is 13.1. The van der Waals surface area contributed by atoms with Gasteiger partial charge in [0.2, 0.25) is 0 Å². The zero-order chi connectivity index (χ0) is 17.4. The first-order valence-corrected chi connectivity index (χ1v) is 7.41. The number of rotatable bonds is 7. The van der Waals surface area contributed by atoms with Crippen molar-refractivity contribution in [3.63, 3.8) is 0 Å². The molecule has 0 spiro atoms. The molecule has 7 nitrogen and oxygen atoms in total. The van der Waals surface area contributed by atoms with E-state index in [4.69, 9.17) is 16.3 Å². The van der Waals surface area contributed by atoms with Crippen LogP contribution in [0.1, 0.15) is 11.1 Å². The number of amides is 1. The molecule has 2 aromatic rings. The largest absolute Gasteiger partial charge is 0.445 e. The van der Waals surface area contributed by atoms with Gasteiger partial charge in [0, 0.05) is 25.8 Å². The molecular formula is C16H20FN5O2. The molecule has 8 heteroatoms. The number of nitrogens with zero attached hydrogens (tertiary/aromatic N) is 2. The zero-order valence-corrected chi connectivity index (χ0v) is 13.1. The van der Waals surface area contributed by atoms with E-state index in [1.54, 1.807) is 0 Å². The number of aromatic nitrogens is 1. The summed E-state index contributed by atoms with van der Waals surface area (Å²) in [5.41, 5.74) is 6.74. The van der Waals surface area contributed by atoms with Crippen LogP contribution in [0.15, 0.2) is 42.6 Å². The van der Waals surface area contributed by atoms with Gasteiger partial charge < -0.3 is 15.8 Å². The van der Waals surface area contributed by atoms with Crippen LogP contribution in [0.4, 0.5) is 15.0 Å². The smallest absolute Gasteiger partial charge is 0.407 e. The van der Waals surface area contributed by atoms with Crippen molar-refractivity contribution < 1.29 is 13.9 Å². The number of anilines is 1. The van der Waals surface area contributed by atoms with Gasteiger partial charge in [-0.15, -0.1) is 0 Å². The normalized spacial score (nSPS) is 10.3. The molecule has 24 heavy (non-hydrogen) atoms. The average molecular weight is 333 g/mol. The minimum Gasteiger partial charge on any atom is -0.445 e. The van der Waals surface area contributed by atoms with Gasteiger partial charge in [-0.1, -0.05) is 30.3 Å². The highest BCUT2D eigenvalue weighted by Gasteiger charge is 2.11. The quantitative estimate of drug-likeness (QED) is 0.521. The summed E-state index contributed by atoms with van der Waals surface area (Å²) in [6.45, 7) is 0.834. The predicted octanol–water partition coefficient (Wildman–Crippen LogP) is 1.29. The van der Waals surface area contributed by atoms with Crippen LogP contribution in [0, 0.1) is 5.82 Å². The van der Waals surface area contributed by atoms with Crippen molar-refractivity contribution >= 4 is 11.9 Å². The van der Waals surface area contributed by atoms with Gasteiger partial charge >= 0.3 is 6.09 Å². The van der Waals surface area contributed by atoms with Crippen LogP contribution in [0.3, 0.4) is 0 Å². The van der Waals surface area contributed by atoms with E-state index < -0.39 is 11.9 Å². The molecule has 0 bridgehead atoms. The van der Waals surface area contributed by atoms with Gasteiger partial charge in [-0.05, 0) is 17.2 Å². The lowest BCUT2D eigenvalue weighted by molar-refractivity contribution is 0.139. The van der Waals surface area contributed by atoms with Crippen LogP contribution in [0.25, 0.3) is 0 Å². The van der Waals surface area contributed by atoms with Crippen LogP contribution in [0.5, 0.6) is 0 Å². The maximum atomic E-state index is 13.9. The van der Waals surface area contributed by atoms with Crippen LogP contribution < -0.4 is 21.9 Å². The number of ether oxygens (including phenoxy) is 1. The number of nitrogens with two attached hydrogens (primary N) is 2. The first-order valence-electron chi connectivity index (χ1n) is 7.41. The number of nitrogens with one attached hydrogen (secondary N) is 1. The molecule has 0 saturated heterocycles. The van der Waals surface area contributed by atoms with Gasteiger partial charge in [0.15, 0.2) is 11.6 Å². The van der Waals surface area contributed by atoms with Crippen molar-refractivity contribution in [2.24, 2.45) is 11.6 Å². The third-order valence-corrected chi connectivity index (χ3v) is 3.17. The van der Waals surface area contributed by atoms with Crippen molar-refractivity contribution in [1.29, 1.82) is 0 Å². The first-order chi connectivity index (χ1) is 11.6. The number of benzene rings is 1. The minimum absolute atomic E-state index is 0.0101. The van der Waals surface area contributed by atoms with E-state index in [1.165, 1.54) is 12.3 Å². The van der Waals surface area contributed by atoms with E-state index in [-0.39, 0.29) is 32.1 Å². The minimum atomic E-state index is -0.591. The predicted molar refractivity (Wildman–Crippen MR) is 88.2 cm³/mol. The number of hydrazine groups is 1. The Hall–Kier alpha value is -2.71. The number of hydrogen-bond acceptors (Lipinski definition) is 6. The Kier molecular flexibility index (Phi) is 6.47. The summed E-state index contributed by atoms with van der Waals surface area (Å²) in [5.74, 6) is 5.06. The lowest BCUT2D eigenvalue weighted by Crippen LogP contribution is -2.37. The van der Waals surface area contributed by atoms with Gasteiger partial charge in [0.1, 0.15) is 6.61 Å². The third kappa shape index (κ3) is 5.18. The number of carbonyl (C=O) groups is 1. The molecule has 1 amide bonds. The number of hydrogen-bond donors (Lipinski definition) is 3. The first kappa shape index (κ1) is 17.6. The molecule has 0 aliphatic carbocycles. The fourth-order valence-corrected chi connectivity index (χ4v) is 1.97. The van der Waals surface area contributed by atoms with Crippen molar-refractivity contribution in [1.82, 2.24) is 10.3 Å². The van der Waals surface area contributed by atoms with E-state index >= 15 is 0 Å². The molecule has 0 radical (unpaired) electrons. The fourth-order valence-electron chi connectivity index (χ4n) is 1.97. The summed E-state index contributed by atoms with van der Waals surface area (Å²) in [6, 6.07) is 10.6. The molecule has 5 N–H and O–H groups in total. The SMILES string of the molecule is NCCN(N)c1ncc(CNC(=O)OCc2ccccc2)cc1F. The van der Waals surface area contributed by atoms with E-state index in [2.05, 4.69) is 10.3 Å². The second-order valence-electron chi connectivity index (χ2n) is 5.05. The molecular weight excluding hydrogens is 313 g/mol. The Morgan fingerprint density at radius 3 is 2.71 bits per heavy atom. The van der Waals surface area contributed by atoms with Crippen molar-refractivity contribution in [3.8, 4) is 0 Å². The number of carbonyl (C=O) groups excluding carboxylic acids is 1. The molecule has 0 fully saturated rings. The van der Waals surface area contributed by atoms with Crippen molar-refractivity contribution in [2.75, 3.05) is 18.1 Å². The Labute approximate surface area is 139 Å². The van der Waals surface area contributed by atoms with Crippen LogP contribution in [-0.2, 0) is 17.9 Å². The fraction of sp³-hybridized carbons (Fsp3) is 0.250. The van der Waals surface area contributed by atoms with E-state index in [0.717, 1.165) is 10.6 Å². The van der Waals surface area contributed by atoms with Crippen LogP contribution >= 0.6 is 0 Å². The summed E-state index contributed by atoms with van der Waals surface area (Å²) in [4.78, 5) is 15.6. The van der Waals surface area contributed by atoms with E-state index in [0.29, 0.717) is 5.56 Å². The van der Waals surface area contributed by atoms with Gasteiger partial charge in [-0.2, -0.15) is 0 Å². The Bertz CT molecular complexity index is 669. The Balaban J connectivity index is 1.83. The molecule has 1 heterocycles.